The highest BCUT2D eigenvalue weighted by Crippen LogP contribution is 2.10. The number of aromatic nitrogens is 2. The Morgan fingerprint density at radius 2 is 1.50 bits per heavy atom. The molecule has 38 heavy (non-hydrogen) atoms. The molecule has 4 rings (SSSR count). The number of likely N-dealkylation sites (N-methyl/N-ethyl adjacent to an activating group) is 1. The molecular formula is C30H36N6O2. The number of urea groups is 1. The van der Waals surface area contributed by atoms with Crippen molar-refractivity contribution in [3.8, 4) is 0 Å². The van der Waals surface area contributed by atoms with E-state index in [0.717, 1.165) is 25.1 Å². The summed E-state index contributed by atoms with van der Waals surface area (Å²) in [4.78, 5) is 39.2. The highest BCUT2D eigenvalue weighted by atomic mass is 16.2. The zero-order chi connectivity index (χ0) is 26.6. The summed E-state index contributed by atoms with van der Waals surface area (Å²) in [5.41, 5.74) is 2.18. The molecule has 1 fully saturated rings. The summed E-state index contributed by atoms with van der Waals surface area (Å²) in [6.07, 6.45) is 9.03. The van der Waals surface area contributed by atoms with Gasteiger partial charge in [-0.1, -0.05) is 66.7 Å². The molecular weight excluding hydrogens is 476 g/mol. The van der Waals surface area contributed by atoms with Crippen molar-refractivity contribution in [2.45, 2.75) is 31.3 Å². The van der Waals surface area contributed by atoms with Crippen LogP contribution in [0.1, 0.15) is 23.4 Å². The third-order valence-corrected chi connectivity index (χ3v) is 6.67. The predicted molar refractivity (Wildman–Crippen MR) is 149 cm³/mol. The molecule has 8 heteroatoms. The van der Waals surface area contributed by atoms with Gasteiger partial charge in [0.05, 0.1) is 0 Å². The van der Waals surface area contributed by atoms with E-state index in [4.69, 9.17) is 0 Å². The fraction of sp³-hybridized carbons (Fsp3) is 0.333. The Bertz CT molecular complexity index is 1170. The number of piperazine rings is 1. The van der Waals surface area contributed by atoms with Crippen molar-refractivity contribution >= 4 is 18.0 Å². The van der Waals surface area contributed by atoms with Crippen molar-refractivity contribution in [2.24, 2.45) is 0 Å². The Kier molecular flexibility index (Phi) is 9.98. The fourth-order valence-electron chi connectivity index (χ4n) is 4.37. The number of hydrogen-bond donors (Lipinski definition) is 2. The van der Waals surface area contributed by atoms with Crippen LogP contribution in [0, 0.1) is 0 Å². The van der Waals surface area contributed by atoms with E-state index < -0.39 is 6.04 Å². The van der Waals surface area contributed by atoms with Gasteiger partial charge >= 0.3 is 6.03 Å². The summed E-state index contributed by atoms with van der Waals surface area (Å²) in [5, 5.41) is 6.18. The smallest absolute Gasteiger partial charge is 0.318 e. The third kappa shape index (κ3) is 8.52. The van der Waals surface area contributed by atoms with Crippen LogP contribution < -0.4 is 10.6 Å². The first kappa shape index (κ1) is 27.0. The Hall–Kier alpha value is -4.04. The number of aryl methyl sites for hydroxylation is 1. The van der Waals surface area contributed by atoms with Gasteiger partial charge in [0.15, 0.2) is 5.82 Å². The van der Waals surface area contributed by atoms with Gasteiger partial charge in [-0.2, -0.15) is 0 Å². The van der Waals surface area contributed by atoms with Crippen molar-refractivity contribution in [1.29, 1.82) is 0 Å². The molecule has 0 radical (unpaired) electrons. The third-order valence-electron chi connectivity index (χ3n) is 6.67. The van der Waals surface area contributed by atoms with Gasteiger partial charge in [-0.15, -0.1) is 0 Å². The fourth-order valence-corrected chi connectivity index (χ4v) is 4.37. The molecule has 0 bridgehead atoms. The maximum Gasteiger partial charge on any atom is 0.318 e. The van der Waals surface area contributed by atoms with Crippen LogP contribution in [-0.2, 0) is 17.6 Å². The van der Waals surface area contributed by atoms with Crippen LogP contribution >= 0.6 is 0 Å². The first-order valence-electron chi connectivity index (χ1n) is 13.1. The second-order valence-electron chi connectivity index (χ2n) is 9.59. The van der Waals surface area contributed by atoms with Crippen molar-refractivity contribution < 1.29 is 9.59 Å². The first-order valence-corrected chi connectivity index (χ1v) is 13.1. The quantitative estimate of drug-likeness (QED) is 0.436. The minimum atomic E-state index is -0.704. The van der Waals surface area contributed by atoms with Gasteiger partial charge in [-0.3, -0.25) is 4.79 Å². The van der Waals surface area contributed by atoms with E-state index in [-0.39, 0.29) is 18.0 Å². The van der Waals surface area contributed by atoms with Crippen molar-refractivity contribution in [3.05, 3.63) is 102 Å². The zero-order valence-electron chi connectivity index (χ0n) is 21.9. The molecule has 0 saturated carbocycles. The minimum absolute atomic E-state index is 0.205. The largest absolute Gasteiger partial charge is 0.348 e. The van der Waals surface area contributed by atoms with E-state index in [2.05, 4.69) is 37.6 Å². The van der Waals surface area contributed by atoms with Crippen molar-refractivity contribution in [3.63, 3.8) is 0 Å². The van der Waals surface area contributed by atoms with Crippen LogP contribution in [0.25, 0.3) is 6.08 Å². The maximum atomic E-state index is 13.6. The summed E-state index contributed by atoms with van der Waals surface area (Å²) in [6.45, 7) is 2.91. The molecule has 8 nitrogen and oxygen atoms in total. The SMILES string of the molecule is CN1CCN(C(=O)NC(Cc2ccccc2)C(=O)NC(/C=C/c2ncccn2)CCc2ccccc2)CC1. The molecule has 2 N–H and O–H groups in total. The Balaban J connectivity index is 1.48. The minimum Gasteiger partial charge on any atom is -0.348 e. The average molecular weight is 513 g/mol. The van der Waals surface area contributed by atoms with Gasteiger partial charge in [0.2, 0.25) is 5.91 Å². The van der Waals surface area contributed by atoms with E-state index in [1.54, 1.807) is 23.4 Å². The normalized spacial score (nSPS) is 15.7. The second kappa shape index (κ2) is 14.0. The Morgan fingerprint density at radius 1 is 0.868 bits per heavy atom. The van der Waals surface area contributed by atoms with E-state index in [0.29, 0.717) is 31.8 Å². The number of benzene rings is 2. The molecule has 1 aliphatic heterocycles. The number of rotatable bonds is 10. The predicted octanol–water partition coefficient (Wildman–Crippen LogP) is 3.18. The highest BCUT2D eigenvalue weighted by Gasteiger charge is 2.27. The van der Waals surface area contributed by atoms with Crippen LogP contribution in [0.4, 0.5) is 4.79 Å². The summed E-state index contributed by atoms with van der Waals surface area (Å²) >= 11 is 0. The first-order chi connectivity index (χ1) is 18.6. The lowest BCUT2D eigenvalue weighted by atomic mass is 10.0. The number of nitrogens with one attached hydrogen (secondary N) is 2. The van der Waals surface area contributed by atoms with Gasteiger partial charge in [-0.05, 0) is 43.2 Å². The van der Waals surface area contributed by atoms with Crippen LogP contribution in [-0.4, -0.2) is 77.0 Å². The molecule has 1 aromatic heterocycles. The second-order valence-corrected chi connectivity index (χ2v) is 9.59. The van der Waals surface area contributed by atoms with Crippen molar-refractivity contribution in [2.75, 3.05) is 33.2 Å². The summed E-state index contributed by atoms with van der Waals surface area (Å²) in [6, 6.07) is 20.6. The number of carbonyl (C=O) groups is 2. The molecule has 198 valence electrons. The standard InChI is InChI=1S/C30H36N6O2/c1-35-19-21-36(22-20-35)30(38)34-27(23-25-11-6-3-7-12-25)29(37)33-26(14-13-24-9-4-2-5-10-24)15-16-28-31-17-8-18-32-28/h2-12,15-18,26-27H,13-14,19-23H2,1H3,(H,33,37)(H,34,38)/b16-15+. The zero-order valence-corrected chi connectivity index (χ0v) is 21.9. The molecule has 0 spiro atoms. The van der Waals surface area contributed by atoms with Crippen LogP contribution in [0.2, 0.25) is 0 Å². The molecule has 2 heterocycles. The van der Waals surface area contributed by atoms with Crippen LogP contribution in [0.5, 0.6) is 0 Å². The molecule has 1 aliphatic rings. The van der Waals surface area contributed by atoms with E-state index in [1.165, 1.54) is 5.56 Å². The molecule has 3 amide bonds. The lowest BCUT2D eigenvalue weighted by molar-refractivity contribution is -0.123. The van der Waals surface area contributed by atoms with Gasteiger partial charge in [0, 0.05) is 51.0 Å². The molecule has 2 atom stereocenters. The van der Waals surface area contributed by atoms with E-state index in [1.807, 2.05) is 67.7 Å². The van der Waals surface area contributed by atoms with Gasteiger partial charge in [0.1, 0.15) is 6.04 Å². The lowest BCUT2D eigenvalue weighted by Gasteiger charge is -2.33. The Morgan fingerprint density at radius 3 is 2.16 bits per heavy atom. The highest BCUT2D eigenvalue weighted by molar-refractivity contribution is 5.87. The molecule has 2 aromatic carbocycles. The number of amides is 3. The monoisotopic (exact) mass is 512 g/mol. The van der Waals surface area contributed by atoms with Crippen molar-refractivity contribution in [1.82, 2.24) is 30.4 Å². The van der Waals surface area contributed by atoms with E-state index >= 15 is 0 Å². The molecule has 0 aliphatic carbocycles. The number of nitrogens with zero attached hydrogens (tertiary/aromatic N) is 4. The van der Waals surface area contributed by atoms with Crippen LogP contribution in [0.15, 0.2) is 85.2 Å². The summed E-state index contributed by atoms with van der Waals surface area (Å²) in [7, 11) is 2.05. The van der Waals surface area contributed by atoms with Crippen LogP contribution in [0.3, 0.4) is 0 Å². The van der Waals surface area contributed by atoms with Gasteiger partial charge in [0.25, 0.3) is 0 Å². The molecule has 1 saturated heterocycles. The van der Waals surface area contributed by atoms with Gasteiger partial charge in [-0.25, -0.2) is 14.8 Å². The summed E-state index contributed by atoms with van der Waals surface area (Å²) in [5.74, 6) is 0.365. The molecule has 2 unspecified atom stereocenters. The lowest BCUT2D eigenvalue weighted by Crippen LogP contribution is -2.56. The number of carbonyl (C=O) groups excluding carboxylic acids is 2. The van der Waals surface area contributed by atoms with Gasteiger partial charge < -0.3 is 20.4 Å². The average Bonchev–Trinajstić information content (AvgIpc) is 2.96. The van der Waals surface area contributed by atoms with E-state index in [9.17, 15) is 9.59 Å². The molecule has 3 aromatic rings. The maximum absolute atomic E-state index is 13.6. The summed E-state index contributed by atoms with van der Waals surface area (Å²) < 4.78 is 0. The Labute approximate surface area is 224 Å². The topological polar surface area (TPSA) is 90.5 Å². The number of hydrogen-bond acceptors (Lipinski definition) is 5.